The first-order valence-electron chi connectivity index (χ1n) is 9.42. The lowest BCUT2D eigenvalue weighted by atomic mass is 9.79. The topological polar surface area (TPSA) is 84.4 Å². The van der Waals surface area contributed by atoms with Crippen LogP contribution in [0.5, 0.6) is 17.2 Å². The molecule has 146 valence electrons. The lowest BCUT2D eigenvalue weighted by molar-refractivity contribution is -0.119. The molecule has 2 saturated heterocycles. The van der Waals surface area contributed by atoms with E-state index in [-0.39, 0.29) is 18.1 Å². The van der Waals surface area contributed by atoms with Crippen LogP contribution >= 0.6 is 0 Å². The van der Waals surface area contributed by atoms with Gasteiger partial charge in [0, 0.05) is 44.6 Å². The van der Waals surface area contributed by atoms with Crippen molar-refractivity contribution in [2.45, 2.75) is 19.3 Å². The second-order valence-electron chi connectivity index (χ2n) is 7.32. The van der Waals surface area contributed by atoms with Gasteiger partial charge in [0.15, 0.2) is 17.5 Å². The van der Waals surface area contributed by atoms with Crippen LogP contribution in [0.4, 0.5) is 0 Å². The van der Waals surface area contributed by atoms with Gasteiger partial charge in [0.2, 0.25) is 12.7 Å². The van der Waals surface area contributed by atoms with Crippen LogP contribution in [-0.4, -0.2) is 63.4 Å². The fraction of sp³-hybridized carbons (Fsp3) is 0.579. The number of ether oxygens (including phenoxy) is 3. The number of benzene rings is 1. The first-order chi connectivity index (χ1) is 13.2. The molecule has 0 radical (unpaired) electrons. The number of fused-ring (bicyclic) bond motifs is 1. The summed E-state index contributed by atoms with van der Waals surface area (Å²) in [5.41, 5.74) is 0.0515. The number of guanidine groups is 1. The fourth-order valence-corrected chi connectivity index (χ4v) is 4.06. The number of aliphatic imine (C=N–C) groups is 1. The molecule has 0 saturated carbocycles. The lowest BCUT2D eigenvalue weighted by Crippen LogP contribution is -2.51. The fourth-order valence-electron chi connectivity index (χ4n) is 4.06. The van der Waals surface area contributed by atoms with Crippen LogP contribution in [0, 0.1) is 5.41 Å². The summed E-state index contributed by atoms with van der Waals surface area (Å²) in [6.45, 7) is 3.99. The second-order valence-corrected chi connectivity index (χ2v) is 7.32. The number of piperidine rings is 1. The van der Waals surface area contributed by atoms with Gasteiger partial charge in [0.05, 0.1) is 6.54 Å². The van der Waals surface area contributed by atoms with Crippen molar-refractivity contribution in [2.75, 3.05) is 46.6 Å². The number of carbonyl (C=O) groups excluding carboxylic acids is 1. The molecule has 3 aliphatic heterocycles. The minimum Gasteiger partial charge on any atom is -0.492 e. The second kappa shape index (κ2) is 7.54. The van der Waals surface area contributed by atoms with Gasteiger partial charge in [-0.15, -0.1) is 0 Å². The van der Waals surface area contributed by atoms with Crippen LogP contribution in [0.3, 0.4) is 0 Å². The summed E-state index contributed by atoms with van der Waals surface area (Å²) in [4.78, 5) is 18.3. The van der Waals surface area contributed by atoms with Gasteiger partial charge in [-0.05, 0) is 25.0 Å². The van der Waals surface area contributed by atoms with Crippen molar-refractivity contribution in [3.8, 4) is 17.2 Å². The number of nitrogens with zero attached hydrogens (tertiary/aromatic N) is 2. The minimum absolute atomic E-state index is 0.0515. The molecule has 8 nitrogen and oxygen atoms in total. The van der Waals surface area contributed by atoms with E-state index in [1.54, 1.807) is 7.05 Å². The molecule has 1 aromatic carbocycles. The zero-order chi connectivity index (χ0) is 18.7. The van der Waals surface area contributed by atoms with Gasteiger partial charge in [0.1, 0.15) is 12.4 Å². The maximum Gasteiger partial charge on any atom is 0.231 e. The Labute approximate surface area is 158 Å². The zero-order valence-electron chi connectivity index (χ0n) is 15.6. The predicted molar refractivity (Wildman–Crippen MR) is 100 cm³/mol. The number of nitrogens with one attached hydrogen (secondary N) is 2. The molecule has 2 fully saturated rings. The highest BCUT2D eigenvalue weighted by Crippen LogP contribution is 2.36. The van der Waals surface area contributed by atoms with Crippen molar-refractivity contribution in [1.29, 1.82) is 0 Å². The van der Waals surface area contributed by atoms with Crippen LogP contribution < -0.4 is 24.8 Å². The number of rotatable bonds is 4. The van der Waals surface area contributed by atoms with Crippen molar-refractivity contribution in [1.82, 2.24) is 15.5 Å². The quantitative estimate of drug-likeness (QED) is 0.464. The minimum atomic E-state index is 0.0515. The van der Waals surface area contributed by atoms with Crippen LogP contribution in [0.25, 0.3) is 0 Å². The van der Waals surface area contributed by atoms with E-state index in [2.05, 4.69) is 20.5 Å². The predicted octanol–water partition coefficient (Wildman–Crippen LogP) is 0.972. The summed E-state index contributed by atoms with van der Waals surface area (Å²) in [5, 5.41) is 6.35. The van der Waals surface area contributed by atoms with Crippen LogP contribution in [-0.2, 0) is 4.79 Å². The van der Waals surface area contributed by atoms with E-state index in [1.165, 1.54) is 0 Å². The first-order valence-corrected chi connectivity index (χ1v) is 9.42. The van der Waals surface area contributed by atoms with Gasteiger partial charge >= 0.3 is 0 Å². The van der Waals surface area contributed by atoms with E-state index in [0.29, 0.717) is 19.6 Å². The molecule has 1 spiro atoms. The third-order valence-corrected chi connectivity index (χ3v) is 5.37. The Bertz CT molecular complexity index is 738. The van der Waals surface area contributed by atoms with Crippen molar-refractivity contribution < 1.29 is 19.0 Å². The van der Waals surface area contributed by atoms with Gasteiger partial charge in [-0.25, -0.2) is 0 Å². The average molecular weight is 374 g/mol. The van der Waals surface area contributed by atoms with E-state index >= 15 is 0 Å². The molecule has 2 N–H and O–H groups in total. The Balaban J connectivity index is 1.26. The van der Waals surface area contributed by atoms with Crippen LogP contribution in [0.15, 0.2) is 23.2 Å². The number of hydrogen-bond donors (Lipinski definition) is 2. The lowest BCUT2D eigenvalue weighted by Gasteiger charge is -2.40. The van der Waals surface area contributed by atoms with Gasteiger partial charge < -0.3 is 29.7 Å². The highest BCUT2D eigenvalue weighted by atomic mass is 16.7. The van der Waals surface area contributed by atoms with Crippen LogP contribution in [0.2, 0.25) is 0 Å². The third kappa shape index (κ3) is 3.89. The van der Waals surface area contributed by atoms with E-state index in [1.807, 2.05) is 18.2 Å². The molecule has 27 heavy (non-hydrogen) atoms. The van der Waals surface area contributed by atoms with Crippen molar-refractivity contribution in [2.24, 2.45) is 10.4 Å². The van der Waals surface area contributed by atoms with Gasteiger partial charge in [-0.3, -0.25) is 9.79 Å². The Morgan fingerprint density at radius 2 is 2.30 bits per heavy atom. The molecule has 3 heterocycles. The van der Waals surface area contributed by atoms with E-state index < -0.39 is 0 Å². The van der Waals surface area contributed by atoms with Gasteiger partial charge in [0.25, 0.3) is 0 Å². The summed E-state index contributed by atoms with van der Waals surface area (Å²) >= 11 is 0. The number of likely N-dealkylation sites (tertiary alicyclic amines) is 1. The molecule has 0 aliphatic carbocycles. The average Bonchev–Trinajstić information content (AvgIpc) is 3.28. The summed E-state index contributed by atoms with van der Waals surface area (Å²) in [6, 6.07) is 5.57. The molecule has 1 atom stereocenters. The Kier molecular flexibility index (Phi) is 4.96. The standard InChI is InChI=1S/C19H26N4O4/c1-20-18(23-7-2-5-19(12-23)10-17(24)22-11-19)21-6-8-25-14-3-4-15-16(9-14)27-13-26-15/h3-4,9H,2,5-8,10-13H2,1H3,(H,20,21)(H,22,24). The number of amides is 1. The maximum absolute atomic E-state index is 11.7. The highest BCUT2D eigenvalue weighted by molar-refractivity contribution is 5.81. The third-order valence-electron chi connectivity index (χ3n) is 5.37. The SMILES string of the molecule is CN=C(NCCOc1ccc2c(c1)OCO2)N1CCCC2(CNC(=O)C2)C1. The van der Waals surface area contributed by atoms with E-state index in [9.17, 15) is 4.79 Å². The number of carbonyl (C=O) groups is 1. The van der Waals surface area contributed by atoms with Crippen molar-refractivity contribution in [3.05, 3.63) is 18.2 Å². The van der Waals surface area contributed by atoms with E-state index in [0.717, 1.165) is 55.7 Å². The normalized spacial score (nSPS) is 24.3. The molecule has 1 aromatic rings. The Morgan fingerprint density at radius 3 is 3.11 bits per heavy atom. The molecule has 8 heteroatoms. The van der Waals surface area contributed by atoms with Crippen molar-refractivity contribution in [3.63, 3.8) is 0 Å². The smallest absolute Gasteiger partial charge is 0.231 e. The maximum atomic E-state index is 11.7. The highest BCUT2D eigenvalue weighted by Gasteiger charge is 2.42. The summed E-state index contributed by atoms with van der Waals surface area (Å²) < 4.78 is 16.5. The molecule has 1 unspecified atom stereocenters. The zero-order valence-corrected chi connectivity index (χ0v) is 15.6. The molecular formula is C19H26N4O4. The summed E-state index contributed by atoms with van der Waals surface area (Å²) in [5.74, 6) is 3.25. The Morgan fingerprint density at radius 1 is 1.41 bits per heavy atom. The van der Waals surface area contributed by atoms with Crippen LogP contribution in [0.1, 0.15) is 19.3 Å². The molecule has 0 bridgehead atoms. The van der Waals surface area contributed by atoms with Gasteiger partial charge in [-0.1, -0.05) is 0 Å². The molecule has 3 aliphatic rings. The monoisotopic (exact) mass is 374 g/mol. The summed E-state index contributed by atoms with van der Waals surface area (Å²) in [7, 11) is 1.79. The van der Waals surface area contributed by atoms with Gasteiger partial charge in [-0.2, -0.15) is 0 Å². The number of hydrogen-bond acceptors (Lipinski definition) is 5. The molecule has 4 rings (SSSR count). The largest absolute Gasteiger partial charge is 0.492 e. The molecule has 0 aromatic heterocycles. The van der Waals surface area contributed by atoms with E-state index in [4.69, 9.17) is 14.2 Å². The Hall–Kier alpha value is -2.64. The first kappa shape index (κ1) is 17.8. The summed E-state index contributed by atoms with van der Waals surface area (Å²) in [6.07, 6.45) is 2.78. The van der Waals surface area contributed by atoms with Crippen molar-refractivity contribution >= 4 is 11.9 Å². The molecule has 1 amide bonds. The molecular weight excluding hydrogens is 348 g/mol.